The molecule has 1 aliphatic heterocycles. The number of hydrogen-bond donors (Lipinski definition) is 1. The number of hydrogen-bond acceptors (Lipinski definition) is 5. The molecule has 1 aromatic carbocycles. The zero-order chi connectivity index (χ0) is 14.9. The Labute approximate surface area is 127 Å². The molecular weight excluding hydrogens is 280 g/mol. The third-order valence-electron chi connectivity index (χ3n) is 3.97. The van der Waals surface area contributed by atoms with Crippen LogP contribution >= 0.6 is 0 Å². The van der Waals surface area contributed by atoms with Gasteiger partial charge in [-0.3, -0.25) is 4.98 Å². The van der Waals surface area contributed by atoms with Gasteiger partial charge in [0.1, 0.15) is 6.61 Å². The summed E-state index contributed by atoms with van der Waals surface area (Å²) in [6, 6.07) is 9.82. The summed E-state index contributed by atoms with van der Waals surface area (Å²) in [7, 11) is 0. The molecule has 2 aromatic heterocycles. The largest absolute Gasteiger partial charge is 0.388 e. The van der Waals surface area contributed by atoms with Gasteiger partial charge in [-0.1, -0.05) is 18.2 Å². The first kappa shape index (κ1) is 13.4. The molecule has 0 radical (unpaired) electrons. The number of ether oxygens (including phenoxy) is 1. The number of para-hydroxylation sites is 1. The lowest BCUT2D eigenvalue weighted by Crippen LogP contribution is -2.05. The van der Waals surface area contributed by atoms with Crippen LogP contribution in [0, 0.1) is 0 Å². The van der Waals surface area contributed by atoms with Gasteiger partial charge in [0.2, 0.25) is 0 Å². The molecule has 6 heteroatoms. The summed E-state index contributed by atoms with van der Waals surface area (Å²) in [6.45, 7) is 1.22. The third kappa shape index (κ3) is 2.17. The van der Waals surface area contributed by atoms with Crippen molar-refractivity contribution in [2.75, 3.05) is 13.2 Å². The summed E-state index contributed by atoms with van der Waals surface area (Å²) in [5, 5.41) is 15.3. The second kappa shape index (κ2) is 5.47. The normalized spacial score (nSPS) is 18.1. The van der Waals surface area contributed by atoms with E-state index in [0.717, 1.165) is 35.4 Å². The standard InChI is InChI=1S/C16H16N4O2/c21-9-14-18-16(12-6-8-22-10-12)19-20(14)13-5-1-3-11-4-2-7-17-15(11)13/h1-5,7,12,21H,6,8-10H2/t12-/m1/s1. The van der Waals surface area contributed by atoms with Crippen molar-refractivity contribution in [3.63, 3.8) is 0 Å². The quantitative estimate of drug-likeness (QED) is 0.798. The van der Waals surface area contributed by atoms with E-state index in [0.29, 0.717) is 12.4 Å². The summed E-state index contributed by atoms with van der Waals surface area (Å²) < 4.78 is 7.10. The summed E-state index contributed by atoms with van der Waals surface area (Å²) in [4.78, 5) is 8.93. The number of aromatic nitrogens is 4. The average Bonchev–Trinajstić information content (AvgIpc) is 3.23. The van der Waals surface area contributed by atoms with Gasteiger partial charge in [-0.15, -0.1) is 0 Å². The lowest BCUT2D eigenvalue weighted by atomic mass is 10.1. The van der Waals surface area contributed by atoms with E-state index in [4.69, 9.17) is 4.74 Å². The minimum Gasteiger partial charge on any atom is -0.388 e. The minimum absolute atomic E-state index is 0.163. The number of aliphatic hydroxyl groups is 1. The van der Waals surface area contributed by atoms with Gasteiger partial charge >= 0.3 is 0 Å². The molecule has 1 saturated heterocycles. The van der Waals surface area contributed by atoms with Crippen LogP contribution in [0.2, 0.25) is 0 Å². The molecule has 0 unspecified atom stereocenters. The molecular formula is C16H16N4O2. The molecule has 0 spiro atoms. The van der Waals surface area contributed by atoms with Crippen LogP contribution in [0.4, 0.5) is 0 Å². The maximum absolute atomic E-state index is 9.63. The summed E-state index contributed by atoms with van der Waals surface area (Å²) in [5.41, 5.74) is 1.68. The van der Waals surface area contributed by atoms with Crippen LogP contribution in [0.3, 0.4) is 0 Å². The molecule has 3 heterocycles. The molecule has 0 saturated carbocycles. The van der Waals surface area contributed by atoms with Crippen molar-refractivity contribution in [2.45, 2.75) is 18.9 Å². The fourth-order valence-corrected chi connectivity index (χ4v) is 2.83. The number of nitrogens with zero attached hydrogens (tertiary/aromatic N) is 4. The first-order valence-electron chi connectivity index (χ1n) is 7.35. The second-order valence-corrected chi connectivity index (χ2v) is 5.37. The molecule has 0 bridgehead atoms. The van der Waals surface area contributed by atoms with E-state index in [-0.39, 0.29) is 12.5 Å². The molecule has 0 aliphatic carbocycles. The highest BCUT2D eigenvalue weighted by atomic mass is 16.5. The predicted octanol–water partition coefficient (Wildman–Crippen LogP) is 1.81. The summed E-state index contributed by atoms with van der Waals surface area (Å²) in [6.07, 6.45) is 2.68. The van der Waals surface area contributed by atoms with Crippen molar-refractivity contribution in [1.29, 1.82) is 0 Å². The number of benzene rings is 1. The molecule has 6 nitrogen and oxygen atoms in total. The first-order chi connectivity index (χ1) is 10.9. The maximum Gasteiger partial charge on any atom is 0.158 e. The minimum atomic E-state index is -0.163. The van der Waals surface area contributed by atoms with Crippen molar-refractivity contribution in [2.24, 2.45) is 0 Å². The smallest absolute Gasteiger partial charge is 0.158 e. The highest BCUT2D eigenvalue weighted by molar-refractivity contribution is 5.86. The highest BCUT2D eigenvalue weighted by Crippen LogP contribution is 2.25. The van der Waals surface area contributed by atoms with E-state index < -0.39 is 0 Å². The van der Waals surface area contributed by atoms with Gasteiger partial charge < -0.3 is 9.84 Å². The molecule has 1 fully saturated rings. The molecule has 1 atom stereocenters. The molecule has 0 amide bonds. The van der Waals surface area contributed by atoms with E-state index in [1.807, 2.05) is 30.3 Å². The molecule has 3 aromatic rings. The Morgan fingerprint density at radius 1 is 1.27 bits per heavy atom. The van der Waals surface area contributed by atoms with Crippen LogP contribution in [0.5, 0.6) is 0 Å². The van der Waals surface area contributed by atoms with E-state index in [1.54, 1.807) is 10.9 Å². The zero-order valence-corrected chi connectivity index (χ0v) is 12.0. The van der Waals surface area contributed by atoms with Crippen LogP contribution in [0.25, 0.3) is 16.6 Å². The summed E-state index contributed by atoms with van der Waals surface area (Å²) >= 11 is 0. The second-order valence-electron chi connectivity index (χ2n) is 5.37. The monoisotopic (exact) mass is 296 g/mol. The Hall–Kier alpha value is -2.31. The van der Waals surface area contributed by atoms with E-state index in [2.05, 4.69) is 15.1 Å². The topological polar surface area (TPSA) is 73.1 Å². The van der Waals surface area contributed by atoms with Crippen molar-refractivity contribution < 1.29 is 9.84 Å². The third-order valence-corrected chi connectivity index (χ3v) is 3.97. The Balaban J connectivity index is 1.86. The van der Waals surface area contributed by atoms with Crippen molar-refractivity contribution in [1.82, 2.24) is 19.7 Å². The lowest BCUT2D eigenvalue weighted by Gasteiger charge is -2.07. The molecule has 1 N–H and O–H groups in total. The van der Waals surface area contributed by atoms with Gasteiger partial charge in [-0.05, 0) is 18.6 Å². The maximum atomic E-state index is 9.63. The van der Waals surface area contributed by atoms with Crippen molar-refractivity contribution >= 4 is 10.9 Å². The van der Waals surface area contributed by atoms with E-state index >= 15 is 0 Å². The first-order valence-corrected chi connectivity index (χ1v) is 7.35. The van der Waals surface area contributed by atoms with E-state index in [1.165, 1.54) is 0 Å². The van der Waals surface area contributed by atoms with Crippen molar-refractivity contribution in [3.05, 3.63) is 48.2 Å². The van der Waals surface area contributed by atoms with Gasteiger partial charge in [-0.2, -0.15) is 5.10 Å². The number of rotatable bonds is 3. The molecule has 4 rings (SSSR count). The highest BCUT2D eigenvalue weighted by Gasteiger charge is 2.24. The van der Waals surface area contributed by atoms with Crippen LogP contribution in [0.15, 0.2) is 36.5 Å². The summed E-state index contributed by atoms with van der Waals surface area (Å²) in [5.74, 6) is 1.46. The van der Waals surface area contributed by atoms with Gasteiger partial charge in [0.15, 0.2) is 11.6 Å². The van der Waals surface area contributed by atoms with Crippen LogP contribution < -0.4 is 0 Å². The van der Waals surface area contributed by atoms with Gasteiger partial charge in [0.05, 0.1) is 17.8 Å². The zero-order valence-electron chi connectivity index (χ0n) is 12.0. The Morgan fingerprint density at radius 3 is 3.00 bits per heavy atom. The fourth-order valence-electron chi connectivity index (χ4n) is 2.83. The Morgan fingerprint density at radius 2 is 2.18 bits per heavy atom. The van der Waals surface area contributed by atoms with Gasteiger partial charge in [0, 0.05) is 24.1 Å². The number of aliphatic hydroxyl groups excluding tert-OH is 1. The number of pyridine rings is 1. The Kier molecular flexibility index (Phi) is 3.32. The fraction of sp³-hybridized carbons (Fsp3) is 0.312. The van der Waals surface area contributed by atoms with Gasteiger partial charge in [0.25, 0.3) is 0 Å². The van der Waals surface area contributed by atoms with Crippen LogP contribution in [0.1, 0.15) is 24.0 Å². The van der Waals surface area contributed by atoms with Gasteiger partial charge in [-0.25, -0.2) is 9.67 Å². The van der Waals surface area contributed by atoms with E-state index in [9.17, 15) is 5.11 Å². The molecule has 112 valence electrons. The molecule has 1 aliphatic rings. The Bertz CT molecular complexity index is 804. The molecule has 22 heavy (non-hydrogen) atoms. The predicted molar refractivity (Wildman–Crippen MR) is 80.8 cm³/mol. The van der Waals surface area contributed by atoms with Crippen LogP contribution in [-0.4, -0.2) is 38.1 Å². The number of fused-ring (bicyclic) bond motifs is 1. The lowest BCUT2D eigenvalue weighted by molar-refractivity contribution is 0.193. The average molecular weight is 296 g/mol. The van der Waals surface area contributed by atoms with Crippen molar-refractivity contribution in [3.8, 4) is 5.69 Å². The SMILES string of the molecule is OCc1nc([C@@H]2CCOC2)nn1-c1cccc2cccnc12. The van der Waals surface area contributed by atoms with Crippen LogP contribution in [-0.2, 0) is 11.3 Å².